The van der Waals surface area contributed by atoms with Crippen molar-refractivity contribution in [2.24, 2.45) is 5.92 Å². The number of hydrogen-bond acceptors (Lipinski definition) is 4. The molecule has 0 saturated carbocycles. The highest BCUT2D eigenvalue weighted by atomic mass is 32.2. The minimum absolute atomic E-state index is 0.00798. The minimum Gasteiger partial charge on any atom is -0.375 e. The lowest BCUT2D eigenvalue weighted by Gasteiger charge is -2.43. The smallest absolute Gasteiger partial charge is 0.164 e. The van der Waals surface area contributed by atoms with Crippen LogP contribution < -0.4 is 0 Å². The van der Waals surface area contributed by atoms with Gasteiger partial charge in [-0.1, -0.05) is 0 Å². The van der Waals surface area contributed by atoms with Gasteiger partial charge >= 0.3 is 0 Å². The van der Waals surface area contributed by atoms with E-state index >= 15 is 0 Å². The summed E-state index contributed by atoms with van der Waals surface area (Å²) in [6, 6.07) is 0. The standard InChI is InChI=1S/C15H24O3S/c1-11-2-3-13(18-11)14(16)12-4-7-17-15(10-12)5-8-19-9-6-15/h11-13H,2-10H2,1H3. The molecule has 0 aliphatic carbocycles. The van der Waals surface area contributed by atoms with Crippen molar-refractivity contribution in [2.45, 2.75) is 63.3 Å². The van der Waals surface area contributed by atoms with E-state index in [4.69, 9.17) is 9.47 Å². The number of carbonyl (C=O) groups is 1. The van der Waals surface area contributed by atoms with Crippen LogP contribution in [0.25, 0.3) is 0 Å². The van der Waals surface area contributed by atoms with E-state index in [1.807, 2.05) is 11.8 Å². The quantitative estimate of drug-likeness (QED) is 0.781. The summed E-state index contributed by atoms with van der Waals surface area (Å²) in [7, 11) is 0. The van der Waals surface area contributed by atoms with Gasteiger partial charge in [0.25, 0.3) is 0 Å². The number of ether oxygens (including phenoxy) is 2. The highest BCUT2D eigenvalue weighted by Crippen LogP contribution is 2.41. The molecule has 0 bridgehead atoms. The third kappa shape index (κ3) is 3.01. The molecule has 0 aromatic carbocycles. The van der Waals surface area contributed by atoms with Gasteiger partial charge in [0.1, 0.15) is 6.10 Å². The molecule has 3 atom stereocenters. The first-order chi connectivity index (χ1) is 9.19. The number of thioether (sulfide) groups is 1. The summed E-state index contributed by atoms with van der Waals surface area (Å²) in [5.41, 5.74) is 0.00798. The van der Waals surface area contributed by atoms with Crippen LogP contribution in [0, 0.1) is 5.92 Å². The third-order valence-corrected chi connectivity index (χ3v) is 5.83. The fraction of sp³-hybridized carbons (Fsp3) is 0.933. The van der Waals surface area contributed by atoms with Gasteiger partial charge in [-0.2, -0.15) is 11.8 Å². The number of rotatable bonds is 2. The van der Waals surface area contributed by atoms with E-state index in [1.165, 1.54) is 11.5 Å². The summed E-state index contributed by atoms with van der Waals surface area (Å²) in [4.78, 5) is 12.6. The van der Waals surface area contributed by atoms with E-state index in [0.29, 0.717) is 5.78 Å². The van der Waals surface area contributed by atoms with E-state index < -0.39 is 0 Å². The lowest BCUT2D eigenvalue weighted by molar-refractivity contribution is -0.147. The molecule has 1 spiro atoms. The molecule has 3 fully saturated rings. The molecule has 0 aromatic heterocycles. The van der Waals surface area contributed by atoms with Gasteiger partial charge in [0.15, 0.2) is 5.78 Å². The van der Waals surface area contributed by atoms with E-state index in [0.717, 1.165) is 45.1 Å². The van der Waals surface area contributed by atoms with Gasteiger partial charge in [-0.3, -0.25) is 4.79 Å². The topological polar surface area (TPSA) is 35.5 Å². The predicted molar refractivity (Wildman–Crippen MR) is 76.5 cm³/mol. The van der Waals surface area contributed by atoms with Crippen molar-refractivity contribution in [1.29, 1.82) is 0 Å². The van der Waals surface area contributed by atoms with E-state index in [1.54, 1.807) is 0 Å². The van der Waals surface area contributed by atoms with Crippen LogP contribution in [0.15, 0.2) is 0 Å². The summed E-state index contributed by atoms with van der Waals surface area (Å²) in [5, 5.41) is 0. The van der Waals surface area contributed by atoms with Crippen molar-refractivity contribution < 1.29 is 14.3 Å². The fourth-order valence-electron chi connectivity index (χ4n) is 3.64. The second-order valence-corrected chi connectivity index (χ2v) is 7.47. The number of hydrogen-bond donors (Lipinski definition) is 0. The van der Waals surface area contributed by atoms with Crippen LogP contribution in [0.5, 0.6) is 0 Å². The highest BCUT2D eigenvalue weighted by Gasteiger charge is 2.43. The van der Waals surface area contributed by atoms with E-state index in [2.05, 4.69) is 6.92 Å². The zero-order valence-electron chi connectivity index (χ0n) is 11.7. The monoisotopic (exact) mass is 284 g/mol. The molecule has 3 aliphatic heterocycles. The van der Waals surface area contributed by atoms with Gasteiger partial charge in [0.05, 0.1) is 11.7 Å². The molecule has 3 rings (SSSR count). The van der Waals surface area contributed by atoms with Crippen molar-refractivity contribution in [3.63, 3.8) is 0 Å². The fourth-order valence-corrected chi connectivity index (χ4v) is 4.87. The molecule has 0 aromatic rings. The molecular formula is C15H24O3S. The minimum atomic E-state index is -0.131. The van der Waals surface area contributed by atoms with Gasteiger partial charge in [0, 0.05) is 12.5 Å². The first kappa shape index (κ1) is 13.9. The summed E-state index contributed by atoms with van der Waals surface area (Å²) >= 11 is 2.01. The van der Waals surface area contributed by atoms with Crippen molar-refractivity contribution >= 4 is 17.5 Å². The largest absolute Gasteiger partial charge is 0.375 e. The van der Waals surface area contributed by atoms with Gasteiger partial charge in [-0.05, 0) is 57.0 Å². The maximum Gasteiger partial charge on any atom is 0.164 e. The molecule has 3 saturated heterocycles. The summed E-state index contributed by atoms with van der Waals surface area (Å²) in [5.74, 6) is 2.88. The first-order valence-corrected chi connectivity index (χ1v) is 8.75. The van der Waals surface area contributed by atoms with Crippen LogP contribution in [0.4, 0.5) is 0 Å². The van der Waals surface area contributed by atoms with Crippen molar-refractivity contribution in [3.8, 4) is 0 Å². The van der Waals surface area contributed by atoms with E-state index in [9.17, 15) is 4.79 Å². The second kappa shape index (κ2) is 5.74. The Balaban J connectivity index is 1.62. The van der Waals surface area contributed by atoms with Gasteiger partial charge in [0.2, 0.25) is 0 Å². The Labute approximate surface area is 119 Å². The molecule has 0 radical (unpaired) electrons. The summed E-state index contributed by atoms with van der Waals surface area (Å²) < 4.78 is 11.8. The van der Waals surface area contributed by atoms with Gasteiger partial charge in [-0.15, -0.1) is 0 Å². The highest BCUT2D eigenvalue weighted by molar-refractivity contribution is 7.99. The Morgan fingerprint density at radius 3 is 2.68 bits per heavy atom. The number of ketones is 1. The zero-order valence-corrected chi connectivity index (χ0v) is 12.5. The average Bonchev–Trinajstić information content (AvgIpc) is 2.85. The summed E-state index contributed by atoms with van der Waals surface area (Å²) in [6.07, 6.45) is 6.12. The molecule has 4 heteroatoms. The molecule has 3 aliphatic rings. The molecule has 3 heterocycles. The summed E-state index contributed by atoms with van der Waals surface area (Å²) in [6.45, 7) is 2.82. The number of Topliss-reactive ketones (excluding diaryl/α,β-unsaturated/α-hetero) is 1. The Morgan fingerprint density at radius 1 is 1.21 bits per heavy atom. The molecule has 3 unspecified atom stereocenters. The normalized spacial score (nSPS) is 38.5. The Kier molecular flexibility index (Phi) is 4.20. The van der Waals surface area contributed by atoms with Crippen LogP contribution in [0.3, 0.4) is 0 Å². The zero-order chi connectivity index (χ0) is 13.3. The van der Waals surface area contributed by atoms with Crippen LogP contribution in [0.1, 0.15) is 45.4 Å². The molecule has 0 N–H and O–H groups in total. The maximum atomic E-state index is 12.6. The van der Waals surface area contributed by atoms with Crippen LogP contribution >= 0.6 is 11.8 Å². The van der Waals surface area contributed by atoms with Crippen molar-refractivity contribution in [2.75, 3.05) is 18.1 Å². The third-order valence-electron chi connectivity index (χ3n) is 4.85. The van der Waals surface area contributed by atoms with Crippen LogP contribution in [-0.2, 0) is 14.3 Å². The Bertz CT molecular complexity index is 333. The average molecular weight is 284 g/mol. The van der Waals surface area contributed by atoms with Crippen molar-refractivity contribution in [3.05, 3.63) is 0 Å². The molecule has 108 valence electrons. The Morgan fingerprint density at radius 2 is 2.00 bits per heavy atom. The number of carbonyl (C=O) groups excluding carboxylic acids is 1. The van der Waals surface area contributed by atoms with Crippen LogP contribution in [0.2, 0.25) is 0 Å². The predicted octanol–water partition coefficient (Wildman–Crippen LogP) is 2.82. The van der Waals surface area contributed by atoms with Crippen molar-refractivity contribution in [1.82, 2.24) is 0 Å². The van der Waals surface area contributed by atoms with Crippen LogP contribution in [-0.4, -0.2) is 41.7 Å². The molecular weight excluding hydrogens is 260 g/mol. The first-order valence-electron chi connectivity index (χ1n) is 7.59. The second-order valence-electron chi connectivity index (χ2n) is 6.25. The lowest BCUT2D eigenvalue weighted by atomic mass is 9.79. The van der Waals surface area contributed by atoms with E-state index in [-0.39, 0.29) is 23.7 Å². The Hall–Kier alpha value is -0.0600. The van der Waals surface area contributed by atoms with Gasteiger partial charge in [-0.25, -0.2) is 0 Å². The molecule has 0 amide bonds. The van der Waals surface area contributed by atoms with Gasteiger partial charge < -0.3 is 9.47 Å². The SMILES string of the molecule is CC1CCC(C(=O)C2CCOC3(CCSCC3)C2)O1. The molecule has 19 heavy (non-hydrogen) atoms. The lowest BCUT2D eigenvalue weighted by Crippen LogP contribution is -2.46. The maximum absolute atomic E-state index is 12.6. The molecule has 3 nitrogen and oxygen atoms in total.